The summed E-state index contributed by atoms with van der Waals surface area (Å²) in [6.07, 6.45) is 0.998. The molecule has 3 aromatic carbocycles. The van der Waals surface area contributed by atoms with E-state index < -0.39 is 13.4 Å². The minimum atomic E-state index is -1.17. The van der Waals surface area contributed by atoms with Crippen LogP contribution in [0.4, 0.5) is 0 Å². The van der Waals surface area contributed by atoms with E-state index in [2.05, 4.69) is 4.98 Å². The summed E-state index contributed by atoms with van der Waals surface area (Å²) in [4.78, 5) is 4.46. The van der Waals surface area contributed by atoms with E-state index in [0.717, 1.165) is 16.7 Å². The quantitative estimate of drug-likeness (QED) is 0.225. The van der Waals surface area contributed by atoms with Crippen molar-refractivity contribution in [2.75, 3.05) is 0 Å². The Labute approximate surface area is 214 Å². The van der Waals surface area contributed by atoms with Gasteiger partial charge in [-0.2, -0.15) is 0 Å². The van der Waals surface area contributed by atoms with Gasteiger partial charge in [0, 0.05) is 16.2 Å². The smallest absolute Gasteiger partial charge is 0.501 e. The lowest BCUT2D eigenvalue weighted by molar-refractivity contribution is 0.153. The molecule has 0 saturated carbocycles. The summed E-state index contributed by atoms with van der Waals surface area (Å²) in [5.74, 6) is 0.968. The number of aryl methyl sites for hydroxylation is 2. The average molecular weight is 513 g/mol. The van der Waals surface area contributed by atoms with Crippen molar-refractivity contribution < 1.29 is 14.0 Å². The van der Waals surface area contributed by atoms with E-state index in [4.69, 9.17) is 48.8 Å². The minimum Gasteiger partial charge on any atom is -0.501 e. The van der Waals surface area contributed by atoms with Gasteiger partial charge >= 0.3 is 7.32 Å². The molecule has 1 unspecified atom stereocenters. The van der Waals surface area contributed by atoms with Crippen molar-refractivity contribution in [2.24, 2.45) is 0 Å². The fourth-order valence-electron chi connectivity index (χ4n) is 3.23. The fraction of sp³-hybridized carbons (Fsp3) is 0.115. The second kappa shape index (κ2) is 11.2. The van der Waals surface area contributed by atoms with Crippen LogP contribution in [0.3, 0.4) is 0 Å². The molecule has 4 rings (SSSR count). The molecule has 1 heterocycles. The molecule has 0 aliphatic rings. The van der Waals surface area contributed by atoms with Crippen LogP contribution in [-0.4, -0.2) is 12.3 Å². The molecule has 0 fully saturated rings. The van der Waals surface area contributed by atoms with Crippen molar-refractivity contribution in [3.8, 4) is 11.5 Å². The highest BCUT2D eigenvalue weighted by Crippen LogP contribution is 2.32. The van der Waals surface area contributed by atoms with Crippen LogP contribution in [0.2, 0.25) is 15.1 Å². The summed E-state index contributed by atoms with van der Waals surface area (Å²) in [6.45, 7) is 3.83. The van der Waals surface area contributed by atoms with Crippen LogP contribution in [0, 0.1) is 13.8 Å². The number of halogens is 3. The first-order valence-corrected chi connectivity index (χ1v) is 11.7. The standard InChI is InChI=1S/C26H21BCl3NO3/c1-17-10-12-20(15-23(17)29)32-27(33-21-13-11-18(2)24(30)16-21)34-26(19-7-4-3-5-8-19)25-22(28)9-6-14-31-25/h3-16,26H,1-2H3. The van der Waals surface area contributed by atoms with E-state index in [1.807, 2.05) is 56.3 Å². The molecule has 1 aromatic heterocycles. The summed E-state index contributed by atoms with van der Waals surface area (Å²) >= 11 is 19.1. The molecule has 0 N–H and O–H groups in total. The van der Waals surface area contributed by atoms with Gasteiger partial charge in [-0.05, 0) is 66.9 Å². The Bertz CT molecular complexity index is 1220. The molecule has 0 aliphatic heterocycles. The number of rotatable bonds is 8. The molecule has 0 spiro atoms. The van der Waals surface area contributed by atoms with Gasteiger partial charge in [-0.25, -0.2) is 0 Å². The third kappa shape index (κ3) is 6.05. The predicted octanol–water partition coefficient (Wildman–Crippen LogP) is 7.91. The molecular weight excluding hydrogens is 491 g/mol. The molecule has 172 valence electrons. The highest BCUT2D eigenvalue weighted by atomic mass is 35.5. The number of benzene rings is 3. The number of hydrogen-bond donors (Lipinski definition) is 0. The minimum absolute atomic E-state index is 0.465. The Balaban J connectivity index is 1.71. The van der Waals surface area contributed by atoms with Crippen LogP contribution in [0.25, 0.3) is 0 Å². The zero-order valence-corrected chi connectivity index (χ0v) is 20.8. The molecule has 0 aliphatic carbocycles. The predicted molar refractivity (Wildman–Crippen MR) is 138 cm³/mol. The fourth-order valence-corrected chi connectivity index (χ4v) is 3.79. The maximum Gasteiger partial charge on any atom is 0.788 e. The lowest BCUT2D eigenvalue weighted by atomic mass is 10.0. The van der Waals surface area contributed by atoms with Crippen LogP contribution in [0.5, 0.6) is 11.5 Å². The van der Waals surface area contributed by atoms with E-state index >= 15 is 0 Å². The van der Waals surface area contributed by atoms with Crippen molar-refractivity contribution in [2.45, 2.75) is 20.0 Å². The zero-order valence-electron chi connectivity index (χ0n) is 18.5. The SMILES string of the molecule is Cc1ccc(OB(Oc2ccc(C)c(Cl)c2)OC(c2ccccc2)c2ncccc2Cl)cc1Cl. The highest BCUT2D eigenvalue weighted by Gasteiger charge is 2.34. The van der Waals surface area contributed by atoms with Gasteiger partial charge in [-0.3, -0.25) is 4.98 Å². The van der Waals surface area contributed by atoms with Crippen molar-refractivity contribution in [1.82, 2.24) is 4.98 Å². The van der Waals surface area contributed by atoms with Crippen molar-refractivity contribution in [3.63, 3.8) is 0 Å². The Morgan fingerprint density at radius 1 is 0.706 bits per heavy atom. The summed E-state index contributed by atoms with van der Waals surface area (Å²) < 4.78 is 18.6. The molecule has 0 radical (unpaired) electrons. The van der Waals surface area contributed by atoms with E-state index in [1.54, 1.807) is 42.6 Å². The Morgan fingerprint density at radius 2 is 1.29 bits per heavy atom. The van der Waals surface area contributed by atoms with Crippen molar-refractivity contribution in [1.29, 1.82) is 0 Å². The van der Waals surface area contributed by atoms with Gasteiger partial charge in [0.05, 0.1) is 10.7 Å². The van der Waals surface area contributed by atoms with Gasteiger partial charge in [-0.15, -0.1) is 0 Å². The third-order valence-corrected chi connectivity index (χ3v) is 6.27. The summed E-state index contributed by atoms with van der Waals surface area (Å²) in [6, 6.07) is 23.9. The number of pyridine rings is 1. The number of hydrogen-bond acceptors (Lipinski definition) is 4. The van der Waals surface area contributed by atoms with E-state index in [0.29, 0.717) is 32.3 Å². The van der Waals surface area contributed by atoms with E-state index in [1.165, 1.54) is 0 Å². The van der Waals surface area contributed by atoms with Gasteiger partial charge < -0.3 is 14.0 Å². The second-order valence-electron chi connectivity index (χ2n) is 7.64. The Kier molecular flexibility index (Phi) is 8.01. The normalized spacial score (nSPS) is 11.7. The van der Waals surface area contributed by atoms with Crippen LogP contribution in [-0.2, 0) is 4.65 Å². The lowest BCUT2D eigenvalue weighted by Gasteiger charge is -2.23. The van der Waals surface area contributed by atoms with Crippen LogP contribution >= 0.6 is 34.8 Å². The topological polar surface area (TPSA) is 40.6 Å². The molecule has 0 bridgehead atoms. The molecule has 8 heteroatoms. The first kappa shape index (κ1) is 24.4. The first-order chi connectivity index (χ1) is 16.4. The van der Waals surface area contributed by atoms with Crippen LogP contribution in [0.15, 0.2) is 85.1 Å². The van der Waals surface area contributed by atoms with Gasteiger partial charge in [0.2, 0.25) is 0 Å². The number of nitrogens with zero attached hydrogens (tertiary/aromatic N) is 1. The molecule has 0 amide bonds. The second-order valence-corrected chi connectivity index (χ2v) is 8.87. The summed E-state index contributed by atoms with van der Waals surface area (Å²) in [7, 11) is -1.17. The van der Waals surface area contributed by atoms with Gasteiger partial charge in [0.25, 0.3) is 0 Å². The Morgan fingerprint density at radius 3 is 1.82 bits per heavy atom. The van der Waals surface area contributed by atoms with Crippen molar-refractivity contribution >= 4 is 42.1 Å². The third-order valence-electron chi connectivity index (χ3n) is 5.14. The van der Waals surface area contributed by atoms with Gasteiger partial charge in [-0.1, -0.05) is 77.3 Å². The van der Waals surface area contributed by atoms with Gasteiger partial charge in [0.15, 0.2) is 0 Å². The van der Waals surface area contributed by atoms with Crippen LogP contribution < -0.4 is 9.31 Å². The summed E-state index contributed by atoms with van der Waals surface area (Å²) in [5, 5.41) is 1.61. The molecule has 4 aromatic rings. The maximum absolute atomic E-state index is 6.49. The highest BCUT2D eigenvalue weighted by molar-refractivity contribution is 6.39. The number of aromatic nitrogens is 1. The summed E-state index contributed by atoms with van der Waals surface area (Å²) in [5.41, 5.74) is 3.24. The lowest BCUT2D eigenvalue weighted by Crippen LogP contribution is -2.36. The molecule has 1 atom stereocenters. The Hall–Kier alpha value is -2.70. The molecule has 34 heavy (non-hydrogen) atoms. The maximum atomic E-state index is 6.49. The molecular formula is C26H21BCl3NO3. The first-order valence-electron chi connectivity index (χ1n) is 10.6. The largest absolute Gasteiger partial charge is 0.788 e. The molecule has 4 nitrogen and oxygen atoms in total. The van der Waals surface area contributed by atoms with E-state index in [9.17, 15) is 0 Å². The van der Waals surface area contributed by atoms with E-state index in [-0.39, 0.29) is 0 Å². The van der Waals surface area contributed by atoms with Crippen molar-refractivity contribution in [3.05, 3.63) is 123 Å². The monoisotopic (exact) mass is 511 g/mol. The zero-order chi connectivity index (χ0) is 24.1. The molecule has 0 saturated heterocycles. The van der Waals surface area contributed by atoms with Gasteiger partial charge in [0.1, 0.15) is 17.6 Å². The average Bonchev–Trinajstić information content (AvgIpc) is 2.83. The van der Waals surface area contributed by atoms with Crippen LogP contribution in [0.1, 0.15) is 28.5 Å².